The zero-order valence-electron chi connectivity index (χ0n) is 11.5. The molecule has 21 heavy (non-hydrogen) atoms. The first-order chi connectivity index (χ1) is 10.0. The highest BCUT2D eigenvalue weighted by Gasteiger charge is 2.27. The van der Waals surface area contributed by atoms with Crippen molar-refractivity contribution in [3.8, 4) is 0 Å². The third-order valence-corrected chi connectivity index (χ3v) is 5.53. The molecule has 1 fully saturated rings. The van der Waals surface area contributed by atoms with Crippen molar-refractivity contribution < 1.29 is 8.42 Å². The van der Waals surface area contributed by atoms with Gasteiger partial charge in [0.2, 0.25) is 0 Å². The largest absolute Gasteiger partial charge is 0.311 e. The molecule has 3 heterocycles. The van der Waals surface area contributed by atoms with Crippen molar-refractivity contribution in [3.05, 3.63) is 46.5 Å². The van der Waals surface area contributed by atoms with E-state index in [0.717, 1.165) is 0 Å². The summed E-state index contributed by atoms with van der Waals surface area (Å²) in [5, 5.41) is 3.20. The molecule has 0 saturated carbocycles. The lowest BCUT2D eigenvalue weighted by Gasteiger charge is -2.09. The van der Waals surface area contributed by atoms with Crippen molar-refractivity contribution in [2.24, 2.45) is 5.92 Å². The average Bonchev–Trinajstić information content (AvgIpc) is 2.78. The summed E-state index contributed by atoms with van der Waals surface area (Å²) in [5.41, 5.74) is 1.18. The van der Waals surface area contributed by atoms with E-state index in [1.165, 1.54) is 10.5 Å². The van der Waals surface area contributed by atoms with Crippen LogP contribution in [0.3, 0.4) is 0 Å². The molecule has 0 aromatic carbocycles. The maximum Gasteiger partial charge on any atom is 0.258 e. The fourth-order valence-electron chi connectivity index (χ4n) is 2.63. The summed E-state index contributed by atoms with van der Waals surface area (Å²) in [6.07, 6.45) is 2.40. The van der Waals surface area contributed by atoms with Crippen LogP contribution in [-0.4, -0.2) is 35.9 Å². The molecular formula is C14H17N3O3S. The molecule has 7 heteroatoms. The number of aromatic nitrogens is 2. The van der Waals surface area contributed by atoms with Gasteiger partial charge < -0.3 is 5.32 Å². The van der Waals surface area contributed by atoms with E-state index in [1.807, 2.05) is 6.07 Å². The van der Waals surface area contributed by atoms with Crippen molar-refractivity contribution in [1.82, 2.24) is 14.7 Å². The molecule has 2 aromatic heterocycles. The molecule has 3 rings (SSSR count). The van der Waals surface area contributed by atoms with E-state index >= 15 is 0 Å². The molecule has 0 aliphatic carbocycles. The van der Waals surface area contributed by atoms with Crippen LogP contribution in [0, 0.1) is 5.92 Å². The smallest absolute Gasteiger partial charge is 0.258 e. The van der Waals surface area contributed by atoms with Crippen molar-refractivity contribution >= 4 is 15.5 Å². The number of sulfone groups is 1. The van der Waals surface area contributed by atoms with Crippen molar-refractivity contribution in [2.45, 2.75) is 13.0 Å². The van der Waals surface area contributed by atoms with E-state index in [4.69, 9.17) is 0 Å². The van der Waals surface area contributed by atoms with E-state index in [9.17, 15) is 13.2 Å². The van der Waals surface area contributed by atoms with E-state index in [1.54, 1.807) is 18.3 Å². The van der Waals surface area contributed by atoms with Crippen LogP contribution >= 0.6 is 0 Å². The molecular weight excluding hydrogens is 290 g/mol. The SMILES string of the molecule is O=c1cc(CNCC2CCS(=O)(=O)C2)nc2ccccn12. The van der Waals surface area contributed by atoms with Gasteiger partial charge in [-0.05, 0) is 31.0 Å². The third-order valence-electron chi connectivity index (χ3n) is 3.69. The highest BCUT2D eigenvalue weighted by atomic mass is 32.2. The number of hydrogen-bond donors (Lipinski definition) is 1. The van der Waals surface area contributed by atoms with Gasteiger partial charge in [0.05, 0.1) is 17.2 Å². The number of nitrogens with zero attached hydrogens (tertiary/aromatic N) is 2. The van der Waals surface area contributed by atoms with Gasteiger partial charge in [-0.1, -0.05) is 6.07 Å². The first-order valence-corrected chi connectivity index (χ1v) is 8.74. The molecule has 1 unspecified atom stereocenters. The highest BCUT2D eigenvalue weighted by Crippen LogP contribution is 2.17. The Morgan fingerprint density at radius 3 is 3.00 bits per heavy atom. The number of pyridine rings is 1. The zero-order valence-corrected chi connectivity index (χ0v) is 12.3. The van der Waals surface area contributed by atoms with Gasteiger partial charge in [0.1, 0.15) is 5.65 Å². The minimum absolute atomic E-state index is 0.110. The van der Waals surface area contributed by atoms with Crippen LogP contribution in [0.2, 0.25) is 0 Å². The lowest BCUT2D eigenvalue weighted by atomic mass is 10.1. The maximum absolute atomic E-state index is 11.9. The predicted molar refractivity (Wildman–Crippen MR) is 79.9 cm³/mol. The normalized spacial score (nSPS) is 20.9. The van der Waals surface area contributed by atoms with E-state index in [0.29, 0.717) is 30.9 Å². The average molecular weight is 307 g/mol. The Balaban J connectivity index is 1.65. The fraction of sp³-hybridized carbons (Fsp3) is 0.429. The Kier molecular flexibility index (Phi) is 3.77. The first-order valence-electron chi connectivity index (χ1n) is 6.92. The molecule has 6 nitrogen and oxygen atoms in total. The molecule has 1 atom stereocenters. The van der Waals surface area contributed by atoms with Gasteiger partial charge in [0.25, 0.3) is 5.56 Å². The van der Waals surface area contributed by atoms with Crippen LogP contribution in [-0.2, 0) is 16.4 Å². The quantitative estimate of drug-likeness (QED) is 0.874. The number of fused-ring (bicyclic) bond motifs is 1. The third kappa shape index (κ3) is 3.30. The Morgan fingerprint density at radius 1 is 1.38 bits per heavy atom. The van der Waals surface area contributed by atoms with Gasteiger partial charge in [-0.25, -0.2) is 13.4 Å². The standard InChI is InChI=1S/C14H17N3O3S/c18-14-7-12(16-13-3-1-2-5-17(13)14)9-15-8-11-4-6-21(19,20)10-11/h1-3,5,7,11,15H,4,6,8-10H2. The lowest BCUT2D eigenvalue weighted by molar-refractivity contribution is 0.517. The Bertz CT molecular complexity index is 814. The molecule has 2 aromatic rings. The Labute approximate surface area is 122 Å². The summed E-state index contributed by atoms with van der Waals surface area (Å²) in [7, 11) is -2.84. The molecule has 0 amide bonds. The summed E-state index contributed by atoms with van der Waals surface area (Å²) < 4.78 is 24.3. The van der Waals surface area contributed by atoms with Crippen LogP contribution < -0.4 is 10.9 Å². The van der Waals surface area contributed by atoms with Gasteiger partial charge >= 0.3 is 0 Å². The molecule has 1 aliphatic rings. The van der Waals surface area contributed by atoms with Gasteiger partial charge in [-0.2, -0.15) is 0 Å². The molecule has 1 saturated heterocycles. The van der Waals surface area contributed by atoms with Crippen molar-refractivity contribution in [3.63, 3.8) is 0 Å². The van der Waals surface area contributed by atoms with Crippen LogP contribution in [0.4, 0.5) is 0 Å². The summed E-state index contributed by atoms with van der Waals surface area (Å²) in [6.45, 7) is 1.10. The van der Waals surface area contributed by atoms with Gasteiger partial charge in [-0.3, -0.25) is 9.20 Å². The molecule has 1 N–H and O–H groups in total. The van der Waals surface area contributed by atoms with Gasteiger partial charge in [0, 0.05) is 18.8 Å². The molecule has 0 spiro atoms. The Morgan fingerprint density at radius 2 is 2.24 bits per heavy atom. The summed E-state index contributed by atoms with van der Waals surface area (Å²) in [4.78, 5) is 16.3. The second kappa shape index (κ2) is 5.57. The second-order valence-corrected chi connectivity index (χ2v) is 7.64. The van der Waals surface area contributed by atoms with Gasteiger partial charge in [-0.15, -0.1) is 0 Å². The second-order valence-electron chi connectivity index (χ2n) is 5.41. The summed E-state index contributed by atoms with van der Waals surface area (Å²) in [5.74, 6) is 0.708. The van der Waals surface area contributed by atoms with Gasteiger partial charge in [0.15, 0.2) is 9.84 Å². The van der Waals surface area contributed by atoms with Crippen LogP contribution in [0.1, 0.15) is 12.1 Å². The maximum atomic E-state index is 11.9. The van der Waals surface area contributed by atoms with E-state index in [2.05, 4.69) is 10.3 Å². The number of rotatable bonds is 4. The van der Waals surface area contributed by atoms with Crippen LogP contribution in [0.25, 0.3) is 5.65 Å². The summed E-state index contributed by atoms with van der Waals surface area (Å²) in [6, 6.07) is 6.91. The zero-order chi connectivity index (χ0) is 14.9. The predicted octanol–water partition coefficient (Wildman–Crippen LogP) is 0.219. The molecule has 112 valence electrons. The first kappa shape index (κ1) is 14.2. The fourth-order valence-corrected chi connectivity index (χ4v) is 4.49. The minimum atomic E-state index is -2.84. The molecule has 0 radical (unpaired) electrons. The Hall–Kier alpha value is -1.73. The highest BCUT2D eigenvalue weighted by molar-refractivity contribution is 7.91. The number of hydrogen-bond acceptors (Lipinski definition) is 5. The lowest BCUT2D eigenvalue weighted by Crippen LogP contribution is -2.25. The van der Waals surface area contributed by atoms with Crippen molar-refractivity contribution in [2.75, 3.05) is 18.1 Å². The van der Waals surface area contributed by atoms with E-state index in [-0.39, 0.29) is 23.0 Å². The van der Waals surface area contributed by atoms with Crippen LogP contribution in [0.5, 0.6) is 0 Å². The topological polar surface area (TPSA) is 80.5 Å². The number of nitrogens with one attached hydrogen (secondary N) is 1. The van der Waals surface area contributed by atoms with Crippen LogP contribution in [0.15, 0.2) is 35.3 Å². The van der Waals surface area contributed by atoms with Crippen molar-refractivity contribution in [1.29, 1.82) is 0 Å². The van der Waals surface area contributed by atoms with E-state index < -0.39 is 9.84 Å². The molecule has 0 bridgehead atoms. The monoisotopic (exact) mass is 307 g/mol. The minimum Gasteiger partial charge on any atom is -0.311 e. The molecule has 1 aliphatic heterocycles. The summed E-state index contributed by atoms with van der Waals surface area (Å²) >= 11 is 0.